The smallest absolute Gasteiger partial charge is 0.304 e. The first-order valence-corrected chi connectivity index (χ1v) is 5.74. The quantitative estimate of drug-likeness (QED) is 0.854. The number of nitrogens with one attached hydrogen (secondary N) is 2. The summed E-state index contributed by atoms with van der Waals surface area (Å²) in [5.41, 5.74) is 1.45. The Labute approximate surface area is 96.0 Å². The van der Waals surface area contributed by atoms with Gasteiger partial charge in [0.25, 0.3) is 0 Å². The van der Waals surface area contributed by atoms with E-state index in [1.807, 2.05) is 0 Å². The maximum absolute atomic E-state index is 13.2. The number of hydrogen-bond donors (Lipinski definition) is 2. The summed E-state index contributed by atoms with van der Waals surface area (Å²) in [5.74, 6) is -0.214. The zero-order valence-electron chi connectivity index (χ0n) is 8.50. The molecule has 1 aromatic carbocycles. The van der Waals surface area contributed by atoms with E-state index in [9.17, 15) is 9.18 Å². The fourth-order valence-electron chi connectivity index (χ4n) is 1.37. The lowest BCUT2D eigenvalue weighted by molar-refractivity contribution is 0.586. The number of thiazole rings is 1. The number of aromatic amines is 1. The first-order valence-electron chi connectivity index (χ1n) is 4.86. The van der Waals surface area contributed by atoms with Crippen molar-refractivity contribution in [2.75, 3.05) is 0 Å². The minimum absolute atomic E-state index is 0.0670. The van der Waals surface area contributed by atoms with Crippen LogP contribution in [0, 0.1) is 5.82 Å². The van der Waals surface area contributed by atoms with Gasteiger partial charge in [-0.1, -0.05) is 29.5 Å². The fraction of sp³-hybridized carbons (Fsp3) is 0.182. The SMILES string of the molecule is O=c1[nH]c(CNCc2ccccc2F)cs1. The summed E-state index contributed by atoms with van der Waals surface area (Å²) >= 11 is 1.13. The average molecular weight is 238 g/mol. The molecule has 0 aliphatic carbocycles. The number of H-pyrrole nitrogens is 1. The molecule has 0 radical (unpaired) electrons. The lowest BCUT2D eigenvalue weighted by atomic mass is 10.2. The Morgan fingerprint density at radius 1 is 1.31 bits per heavy atom. The van der Waals surface area contributed by atoms with Gasteiger partial charge >= 0.3 is 4.87 Å². The van der Waals surface area contributed by atoms with E-state index in [0.29, 0.717) is 18.7 Å². The van der Waals surface area contributed by atoms with Crippen molar-refractivity contribution in [3.63, 3.8) is 0 Å². The van der Waals surface area contributed by atoms with Gasteiger partial charge in [-0.2, -0.15) is 0 Å². The van der Waals surface area contributed by atoms with E-state index in [2.05, 4.69) is 10.3 Å². The third-order valence-electron chi connectivity index (χ3n) is 2.16. The van der Waals surface area contributed by atoms with Crippen LogP contribution in [0.3, 0.4) is 0 Å². The summed E-state index contributed by atoms with van der Waals surface area (Å²) in [4.78, 5) is 13.5. The molecule has 0 bridgehead atoms. The summed E-state index contributed by atoms with van der Waals surface area (Å²) in [6.45, 7) is 0.984. The number of aromatic nitrogens is 1. The highest BCUT2D eigenvalue weighted by Crippen LogP contribution is 2.05. The van der Waals surface area contributed by atoms with Crippen LogP contribution in [0.4, 0.5) is 4.39 Å². The molecule has 0 spiro atoms. The normalized spacial score (nSPS) is 10.6. The second-order valence-corrected chi connectivity index (χ2v) is 4.21. The van der Waals surface area contributed by atoms with Crippen LogP contribution in [0.15, 0.2) is 34.4 Å². The second kappa shape index (κ2) is 5.05. The molecule has 1 heterocycles. The Bertz CT molecular complexity index is 520. The van der Waals surface area contributed by atoms with E-state index in [1.54, 1.807) is 23.6 Å². The van der Waals surface area contributed by atoms with Crippen LogP contribution in [0.25, 0.3) is 0 Å². The lowest BCUT2D eigenvalue weighted by Crippen LogP contribution is -2.14. The molecular weight excluding hydrogens is 227 g/mol. The lowest BCUT2D eigenvalue weighted by Gasteiger charge is -2.04. The van der Waals surface area contributed by atoms with Crippen molar-refractivity contribution in [3.8, 4) is 0 Å². The molecule has 84 valence electrons. The molecule has 0 amide bonds. The summed E-state index contributed by atoms with van der Waals surface area (Å²) in [6.07, 6.45) is 0. The van der Waals surface area contributed by atoms with E-state index >= 15 is 0 Å². The molecule has 0 saturated heterocycles. The van der Waals surface area contributed by atoms with Crippen molar-refractivity contribution in [3.05, 3.63) is 56.4 Å². The molecular formula is C11H11FN2OS. The van der Waals surface area contributed by atoms with Gasteiger partial charge in [0.1, 0.15) is 5.82 Å². The Balaban J connectivity index is 1.89. The van der Waals surface area contributed by atoms with Crippen molar-refractivity contribution in [1.82, 2.24) is 10.3 Å². The highest BCUT2D eigenvalue weighted by Gasteiger charge is 2.00. The Kier molecular flexibility index (Phi) is 3.48. The van der Waals surface area contributed by atoms with E-state index in [0.717, 1.165) is 17.0 Å². The Hall–Kier alpha value is -1.46. The molecule has 3 nitrogen and oxygen atoms in total. The van der Waals surface area contributed by atoms with E-state index in [1.165, 1.54) is 6.07 Å². The molecule has 16 heavy (non-hydrogen) atoms. The maximum atomic E-state index is 13.2. The van der Waals surface area contributed by atoms with E-state index < -0.39 is 0 Å². The largest absolute Gasteiger partial charge is 0.315 e. The van der Waals surface area contributed by atoms with Crippen LogP contribution in [-0.4, -0.2) is 4.98 Å². The molecule has 0 saturated carbocycles. The molecule has 2 aromatic rings. The van der Waals surface area contributed by atoms with Gasteiger partial charge in [0, 0.05) is 29.7 Å². The van der Waals surface area contributed by atoms with E-state index in [4.69, 9.17) is 0 Å². The summed E-state index contributed by atoms with van der Waals surface area (Å²) in [6, 6.07) is 6.63. The van der Waals surface area contributed by atoms with Crippen LogP contribution in [0.2, 0.25) is 0 Å². The number of rotatable bonds is 4. The number of halogens is 1. The van der Waals surface area contributed by atoms with Crippen molar-refractivity contribution in [2.45, 2.75) is 13.1 Å². The van der Waals surface area contributed by atoms with Crippen LogP contribution >= 0.6 is 11.3 Å². The monoisotopic (exact) mass is 238 g/mol. The van der Waals surface area contributed by atoms with Gasteiger partial charge in [0.05, 0.1) is 0 Å². The van der Waals surface area contributed by atoms with Crippen molar-refractivity contribution >= 4 is 11.3 Å². The highest BCUT2D eigenvalue weighted by atomic mass is 32.1. The first kappa shape index (κ1) is 11.0. The highest BCUT2D eigenvalue weighted by molar-refractivity contribution is 7.07. The van der Waals surface area contributed by atoms with Crippen molar-refractivity contribution < 1.29 is 4.39 Å². The summed E-state index contributed by atoms with van der Waals surface area (Å²) in [7, 11) is 0. The van der Waals surface area contributed by atoms with Crippen LogP contribution in [0.1, 0.15) is 11.3 Å². The van der Waals surface area contributed by atoms with Gasteiger partial charge in [0.15, 0.2) is 0 Å². The van der Waals surface area contributed by atoms with Crippen LogP contribution in [-0.2, 0) is 13.1 Å². The molecule has 2 rings (SSSR count). The summed E-state index contributed by atoms with van der Waals surface area (Å²) in [5, 5.41) is 4.83. The second-order valence-electron chi connectivity index (χ2n) is 3.37. The average Bonchev–Trinajstić information content (AvgIpc) is 2.67. The van der Waals surface area contributed by atoms with Gasteiger partial charge in [-0.15, -0.1) is 0 Å². The zero-order chi connectivity index (χ0) is 11.4. The molecule has 5 heteroatoms. The molecule has 0 aliphatic rings. The number of benzene rings is 1. The third-order valence-corrected chi connectivity index (χ3v) is 2.88. The van der Waals surface area contributed by atoms with Gasteiger partial charge in [0.2, 0.25) is 0 Å². The Morgan fingerprint density at radius 2 is 2.12 bits per heavy atom. The number of hydrogen-bond acceptors (Lipinski definition) is 3. The minimum Gasteiger partial charge on any atom is -0.315 e. The predicted octanol–water partition coefficient (Wildman–Crippen LogP) is 1.87. The molecule has 0 fully saturated rings. The maximum Gasteiger partial charge on any atom is 0.304 e. The topological polar surface area (TPSA) is 44.9 Å². The summed E-state index contributed by atoms with van der Waals surface area (Å²) < 4.78 is 13.2. The van der Waals surface area contributed by atoms with Gasteiger partial charge in [-0.25, -0.2) is 4.39 Å². The zero-order valence-corrected chi connectivity index (χ0v) is 9.31. The first-order chi connectivity index (χ1) is 7.75. The van der Waals surface area contributed by atoms with Crippen molar-refractivity contribution in [2.24, 2.45) is 0 Å². The van der Waals surface area contributed by atoms with Gasteiger partial charge in [-0.05, 0) is 6.07 Å². The van der Waals surface area contributed by atoms with Crippen LogP contribution < -0.4 is 10.2 Å². The molecule has 1 aromatic heterocycles. The van der Waals surface area contributed by atoms with Crippen LogP contribution in [0.5, 0.6) is 0 Å². The molecule has 0 aliphatic heterocycles. The van der Waals surface area contributed by atoms with Crippen molar-refractivity contribution in [1.29, 1.82) is 0 Å². The third kappa shape index (κ3) is 2.77. The van der Waals surface area contributed by atoms with Gasteiger partial charge in [-0.3, -0.25) is 4.79 Å². The predicted molar refractivity (Wildman–Crippen MR) is 61.9 cm³/mol. The van der Waals surface area contributed by atoms with E-state index in [-0.39, 0.29) is 10.7 Å². The van der Waals surface area contributed by atoms with Gasteiger partial charge < -0.3 is 10.3 Å². The molecule has 0 atom stereocenters. The molecule has 0 unspecified atom stereocenters. The minimum atomic E-state index is -0.214. The standard InChI is InChI=1S/C11H11FN2OS/c12-10-4-2-1-3-8(10)5-13-6-9-7-16-11(15)14-9/h1-4,7,13H,5-6H2,(H,14,15). The fourth-order valence-corrected chi connectivity index (χ4v) is 1.96. The molecule has 2 N–H and O–H groups in total. The Morgan fingerprint density at radius 3 is 2.81 bits per heavy atom.